The van der Waals surface area contributed by atoms with Crippen LogP contribution in [0.15, 0.2) is 82.6 Å². The number of imidazole rings is 1. The maximum atomic E-state index is 12.7. The number of thioether (sulfide) groups is 1. The van der Waals surface area contributed by atoms with Gasteiger partial charge in [-0.25, -0.2) is 4.98 Å². The van der Waals surface area contributed by atoms with Gasteiger partial charge in [0.05, 0.1) is 36.1 Å². The summed E-state index contributed by atoms with van der Waals surface area (Å²) in [5.74, 6) is 0.769. The van der Waals surface area contributed by atoms with E-state index < -0.39 is 0 Å². The molecule has 0 atom stereocenters. The first-order valence-corrected chi connectivity index (χ1v) is 10.1. The van der Waals surface area contributed by atoms with Gasteiger partial charge in [-0.05, 0) is 24.3 Å². The average Bonchev–Trinajstić information content (AvgIpc) is 3.39. The third-order valence-electron chi connectivity index (χ3n) is 4.39. The Kier molecular flexibility index (Phi) is 5.76. The molecule has 0 bridgehead atoms. The Morgan fingerprint density at radius 1 is 1.00 bits per heavy atom. The Bertz CT molecular complexity index is 1120. The van der Waals surface area contributed by atoms with Gasteiger partial charge in [-0.1, -0.05) is 54.2 Å². The molecule has 0 saturated heterocycles. The topological polar surface area (TPSA) is 77.1 Å². The maximum Gasteiger partial charge on any atom is 0.230 e. The first kappa shape index (κ1) is 19.0. The number of furan rings is 1. The van der Waals surface area contributed by atoms with Crippen LogP contribution in [-0.4, -0.2) is 27.0 Å². The lowest BCUT2D eigenvalue weighted by Crippen LogP contribution is -2.24. The van der Waals surface area contributed by atoms with Crippen molar-refractivity contribution >= 4 is 34.5 Å². The lowest BCUT2D eigenvalue weighted by molar-refractivity contribution is -0.118. The number of Topliss-reactive ketones (excluding diaryl/α,β-unsaturated/α-hetero) is 1. The Balaban J connectivity index is 1.49. The van der Waals surface area contributed by atoms with Gasteiger partial charge in [-0.3, -0.25) is 9.59 Å². The highest BCUT2D eigenvalue weighted by atomic mass is 32.2. The molecule has 2 heterocycles. The summed E-state index contributed by atoms with van der Waals surface area (Å²) in [7, 11) is 0. The molecule has 0 aliphatic heterocycles. The van der Waals surface area contributed by atoms with E-state index in [9.17, 15) is 9.59 Å². The van der Waals surface area contributed by atoms with Crippen molar-refractivity contribution in [1.29, 1.82) is 0 Å². The highest BCUT2D eigenvalue weighted by Gasteiger charge is 2.16. The summed E-state index contributed by atoms with van der Waals surface area (Å²) >= 11 is 1.31. The Labute approximate surface area is 171 Å². The van der Waals surface area contributed by atoms with Crippen molar-refractivity contribution in [1.82, 2.24) is 14.9 Å². The summed E-state index contributed by atoms with van der Waals surface area (Å²) in [6, 6.07) is 20.4. The summed E-state index contributed by atoms with van der Waals surface area (Å²) in [5.41, 5.74) is 2.32. The summed E-state index contributed by atoms with van der Waals surface area (Å²) < 4.78 is 7.09. The molecule has 0 spiro atoms. The average molecular weight is 405 g/mol. The first-order chi connectivity index (χ1) is 14.2. The molecule has 7 heteroatoms. The minimum atomic E-state index is -0.126. The molecule has 146 valence electrons. The van der Waals surface area contributed by atoms with Crippen molar-refractivity contribution < 1.29 is 14.0 Å². The molecule has 1 amide bonds. The van der Waals surface area contributed by atoms with Crippen LogP contribution in [0.25, 0.3) is 11.0 Å². The van der Waals surface area contributed by atoms with Gasteiger partial charge in [0.2, 0.25) is 5.91 Å². The number of amides is 1. The van der Waals surface area contributed by atoms with Crippen molar-refractivity contribution in [2.75, 3.05) is 5.75 Å². The first-order valence-electron chi connectivity index (χ1n) is 9.16. The van der Waals surface area contributed by atoms with Crippen LogP contribution >= 0.6 is 11.8 Å². The second kappa shape index (κ2) is 8.79. The van der Waals surface area contributed by atoms with E-state index in [0.717, 1.165) is 11.0 Å². The zero-order valence-corrected chi connectivity index (χ0v) is 16.4. The van der Waals surface area contributed by atoms with E-state index >= 15 is 0 Å². The smallest absolute Gasteiger partial charge is 0.230 e. The number of para-hydroxylation sites is 2. The molecule has 4 rings (SSSR count). The van der Waals surface area contributed by atoms with Gasteiger partial charge in [0.15, 0.2) is 10.9 Å². The van der Waals surface area contributed by atoms with Crippen LogP contribution in [0, 0.1) is 0 Å². The van der Waals surface area contributed by atoms with E-state index in [1.807, 2.05) is 53.1 Å². The fourth-order valence-electron chi connectivity index (χ4n) is 2.96. The molecule has 29 heavy (non-hydrogen) atoms. The van der Waals surface area contributed by atoms with Crippen LogP contribution in [0.4, 0.5) is 0 Å². The monoisotopic (exact) mass is 405 g/mol. The standard InChI is InChI=1S/C22H19N3O3S/c26-20(16-7-2-1-3-8-16)14-25-19-11-5-4-10-18(19)24-22(25)29-15-21(27)23-13-17-9-6-12-28-17/h1-12H,13-15H2,(H,23,27). The minimum Gasteiger partial charge on any atom is -0.467 e. The van der Waals surface area contributed by atoms with Crippen molar-refractivity contribution in [3.63, 3.8) is 0 Å². The Morgan fingerprint density at radius 2 is 1.79 bits per heavy atom. The third-order valence-corrected chi connectivity index (χ3v) is 5.37. The van der Waals surface area contributed by atoms with Crippen molar-refractivity contribution in [3.05, 3.63) is 84.3 Å². The van der Waals surface area contributed by atoms with Gasteiger partial charge < -0.3 is 14.3 Å². The number of hydrogen-bond donors (Lipinski definition) is 1. The van der Waals surface area contributed by atoms with E-state index in [4.69, 9.17) is 4.42 Å². The summed E-state index contributed by atoms with van der Waals surface area (Å²) in [4.78, 5) is 29.6. The third kappa shape index (κ3) is 4.57. The number of carbonyl (C=O) groups excluding carboxylic acids is 2. The van der Waals surface area contributed by atoms with Crippen LogP contribution in [0.5, 0.6) is 0 Å². The number of hydrogen-bond acceptors (Lipinski definition) is 5. The van der Waals surface area contributed by atoms with Gasteiger partial charge in [0, 0.05) is 5.56 Å². The lowest BCUT2D eigenvalue weighted by atomic mass is 10.1. The second-order valence-corrected chi connectivity index (χ2v) is 7.35. The number of ketones is 1. The second-order valence-electron chi connectivity index (χ2n) is 6.40. The summed E-state index contributed by atoms with van der Waals surface area (Å²) in [5, 5.41) is 3.46. The van der Waals surface area contributed by atoms with Crippen molar-refractivity contribution in [2.45, 2.75) is 18.2 Å². The molecular weight excluding hydrogens is 386 g/mol. The van der Waals surface area contributed by atoms with Crippen LogP contribution in [0.3, 0.4) is 0 Å². The van der Waals surface area contributed by atoms with E-state index in [2.05, 4.69) is 10.3 Å². The lowest BCUT2D eigenvalue weighted by Gasteiger charge is -2.09. The largest absolute Gasteiger partial charge is 0.467 e. The summed E-state index contributed by atoms with van der Waals surface area (Å²) in [6.45, 7) is 0.510. The van der Waals surface area contributed by atoms with Gasteiger partial charge in [-0.15, -0.1) is 0 Å². The maximum absolute atomic E-state index is 12.7. The minimum absolute atomic E-state index is 0.00197. The number of benzene rings is 2. The molecule has 0 aliphatic rings. The highest BCUT2D eigenvalue weighted by molar-refractivity contribution is 7.99. The predicted molar refractivity (Wildman–Crippen MR) is 112 cm³/mol. The Hall–Kier alpha value is -3.32. The summed E-state index contributed by atoms with van der Waals surface area (Å²) in [6.07, 6.45) is 1.57. The quantitative estimate of drug-likeness (QED) is 0.355. The van der Waals surface area contributed by atoms with Crippen molar-refractivity contribution in [3.8, 4) is 0 Å². The zero-order valence-electron chi connectivity index (χ0n) is 15.6. The van der Waals surface area contributed by atoms with Crippen LogP contribution in [0.2, 0.25) is 0 Å². The molecule has 2 aromatic heterocycles. The molecule has 6 nitrogen and oxygen atoms in total. The van der Waals surface area contributed by atoms with Gasteiger partial charge in [0.1, 0.15) is 5.76 Å². The number of aromatic nitrogens is 2. The van der Waals surface area contributed by atoms with Crippen LogP contribution in [0.1, 0.15) is 16.1 Å². The van der Waals surface area contributed by atoms with E-state index in [1.54, 1.807) is 24.5 Å². The van der Waals surface area contributed by atoms with Gasteiger partial charge in [0.25, 0.3) is 0 Å². The van der Waals surface area contributed by atoms with Gasteiger partial charge in [-0.2, -0.15) is 0 Å². The van der Waals surface area contributed by atoms with E-state index in [-0.39, 0.29) is 24.0 Å². The molecule has 0 aliphatic carbocycles. The van der Waals surface area contributed by atoms with Crippen molar-refractivity contribution in [2.24, 2.45) is 0 Å². The molecule has 0 saturated carbocycles. The highest BCUT2D eigenvalue weighted by Crippen LogP contribution is 2.24. The fourth-order valence-corrected chi connectivity index (χ4v) is 3.80. The molecule has 0 unspecified atom stereocenters. The van der Waals surface area contributed by atoms with E-state index in [0.29, 0.717) is 23.0 Å². The number of rotatable bonds is 8. The molecule has 4 aromatic rings. The van der Waals surface area contributed by atoms with Crippen LogP contribution in [-0.2, 0) is 17.9 Å². The number of nitrogens with one attached hydrogen (secondary N) is 1. The molecule has 0 fully saturated rings. The number of nitrogens with zero attached hydrogens (tertiary/aromatic N) is 2. The normalized spacial score (nSPS) is 10.9. The molecule has 2 aromatic carbocycles. The molecular formula is C22H19N3O3S. The predicted octanol–water partition coefficient (Wildman–Crippen LogP) is 3.92. The zero-order chi connectivity index (χ0) is 20.1. The molecule has 0 radical (unpaired) electrons. The Morgan fingerprint density at radius 3 is 2.59 bits per heavy atom. The van der Waals surface area contributed by atoms with Crippen LogP contribution < -0.4 is 5.32 Å². The fraction of sp³-hybridized carbons (Fsp3) is 0.136. The molecule has 1 N–H and O–H groups in total. The number of fused-ring (bicyclic) bond motifs is 1. The SMILES string of the molecule is O=C(CSc1nc2ccccc2n1CC(=O)c1ccccc1)NCc1ccco1. The van der Waals surface area contributed by atoms with Gasteiger partial charge >= 0.3 is 0 Å². The van der Waals surface area contributed by atoms with E-state index in [1.165, 1.54) is 11.8 Å². The number of carbonyl (C=O) groups is 2.